The number of likely N-dealkylation sites (tertiary alicyclic amines) is 1. The van der Waals surface area contributed by atoms with Crippen molar-refractivity contribution in [2.75, 3.05) is 20.6 Å². The first-order valence-corrected chi connectivity index (χ1v) is 8.13. The Hall–Kier alpha value is -1.42. The predicted molar refractivity (Wildman–Crippen MR) is 90.0 cm³/mol. The molecular weight excluding hydrogens is 274 g/mol. The van der Waals surface area contributed by atoms with E-state index in [1.54, 1.807) is 0 Å². The predicted octanol–water partition coefficient (Wildman–Crippen LogP) is 2.79. The minimum atomic E-state index is 0.245. The molecular formula is C18H29N3O. The number of amides is 1. The van der Waals surface area contributed by atoms with Gasteiger partial charge in [-0.3, -0.25) is 14.7 Å². The van der Waals surface area contributed by atoms with E-state index in [-0.39, 0.29) is 5.91 Å². The second kappa shape index (κ2) is 6.37. The average Bonchev–Trinajstić information content (AvgIpc) is 2.78. The van der Waals surface area contributed by atoms with Crippen molar-refractivity contribution in [3.8, 4) is 0 Å². The molecule has 0 spiro atoms. The monoisotopic (exact) mass is 303 g/mol. The topological polar surface area (TPSA) is 36.4 Å². The second-order valence-electron chi connectivity index (χ2n) is 7.01. The zero-order valence-electron chi connectivity index (χ0n) is 15.0. The third-order valence-electron chi connectivity index (χ3n) is 5.02. The van der Waals surface area contributed by atoms with Crippen molar-refractivity contribution in [1.29, 1.82) is 0 Å². The molecule has 1 aromatic heterocycles. The Kier molecular flexibility index (Phi) is 4.90. The fourth-order valence-corrected chi connectivity index (χ4v) is 3.33. The Morgan fingerprint density at radius 2 is 1.91 bits per heavy atom. The van der Waals surface area contributed by atoms with Crippen LogP contribution in [0.1, 0.15) is 54.3 Å². The molecule has 0 aliphatic carbocycles. The van der Waals surface area contributed by atoms with Gasteiger partial charge in [-0.25, -0.2) is 0 Å². The lowest BCUT2D eigenvalue weighted by Gasteiger charge is -2.26. The average molecular weight is 303 g/mol. The van der Waals surface area contributed by atoms with Crippen LogP contribution >= 0.6 is 0 Å². The molecule has 1 aliphatic rings. The highest BCUT2D eigenvalue weighted by molar-refractivity contribution is 5.78. The Morgan fingerprint density at radius 1 is 1.27 bits per heavy atom. The van der Waals surface area contributed by atoms with Gasteiger partial charge in [0.2, 0.25) is 5.91 Å². The molecule has 1 amide bonds. The molecule has 22 heavy (non-hydrogen) atoms. The molecule has 2 rings (SSSR count). The molecule has 1 fully saturated rings. The maximum absolute atomic E-state index is 11.7. The van der Waals surface area contributed by atoms with Crippen LogP contribution in [-0.2, 0) is 11.3 Å². The summed E-state index contributed by atoms with van der Waals surface area (Å²) in [5.41, 5.74) is 6.30. The molecule has 0 radical (unpaired) electrons. The normalized spacial score (nSPS) is 18.9. The minimum Gasteiger partial charge on any atom is -0.344 e. The SMILES string of the molecule is Cc1nc(C(C)C)c(C)c(C)c1CN(C)[C@@H]1CC(=O)N(C)C1. The van der Waals surface area contributed by atoms with Crippen LogP contribution in [0.25, 0.3) is 0 Å². The van der Waals surface area contributed by atoms with Crippen LogP contribution in [0.4, 0.5) is 0 Å². The standard InChI is InChI=1S/C18H29N3O/c1-11(2)18-13(4)12(3)16(14(5)19-18)10-20(6)15-8-17(22)21(7)9-15/h11,15H,8-10H2,1-7H3/t15-/m1/s1. The highest BCUT2D eigenvalue weighted by atomic mass is 16.2. The summed E-state index contributed by atoms with van der Waals surface area (Å²) in [6.45, 7) is 12.5. The first-order chi connectivity index (χ1) is 10.2. The van der Waals surface area contributed by atoms with E-state index in [1.165, 1.54) is 22.4 Å². The third-order valence-corrected chi connectivity index (χ3v) is 5.02. The van der Waals surface area contributed by atoms with Crippen molar-refractivity contribution in [3.63, 3.8) is 0 Å². The van der Waals surface area contributed by atoms with Gasteiger partial charge < -0.3 is 4.90 Å². The van der Waals surface area contributed by atoms with Crippen LogP contribution in [0.3, 0.4) is 0 Å². The molecule has 1 saturated heterocycles. The van der Waals surface area contributed by atoms with Crippen LogP contribution in [-0.4, -0.2) is 47.4 Å². The molecule has 0 saturated carbocycles. The van der Waals surface area contributed by atoms with Gasteiger partial charge in [0.25, 0.3) is 0 Å². The van der Waals surface area contributed by atoms with E-state index in [2.05, 4.69) is 46.6 Å². The van der Waals surface area contributed by atoms with Crippen molar-refractivity contribution >= 4 is 5.91 Å². The van der Waals surface area contributed by atoms with Crippen LogP contribution in [0.5, 0.6) is 0 Å². The summed E-state index contributed by atoms with van der Waals surface area (Å²) in [5.74, 6) is 0.694. The van der Waals surface area contributed by atoms with Gasteiger partial charge in [0.15, 0.2) is 0 Å². The molecule has 4 heteroatoms. The Balaban J connectivity index is 2.23. The molecule has 0 N–H and O–H groups in total. The zero-order chi connectivity index (χ0) is 16.6. The van der Waals surface area contributed by atoms with Crippen molar-refractivity contribution in [2.24, 2.45) is 0 Å². The van der Waals surface area contributed by atoms with Crippen LogP contribution in [0.15, 0.2) is 0 Å². The summed E-state index contributed by atoms with van der Waals surface area (Å²) in [6.07, 6.45) is 0.627. The van der Waals surface area contributed by atoms with E-state index in [9.17, 15) is 4.79 Å². The van der Waals surface area contributed by atoms with E-state index >= 15 is 0 Å². The van der Waals surface area contributed by atoms with Gasteiger partial charge in [-0.1, -0.05) is 13.8 Å². The molecule has 1 aromatic rings. The molecule has 0 aromatic carbocycles. The Morgan fingerprint density at radius 3 is 2.41 bits per heavy atom. The minimum absolute atomic E-state index is 0.245. The fourth-order valence-electron chi connectivity index (χ4n) is 3.33. The van der Waals surface area contributed by atoms with Crippen molar-refractivity contribution in [3.05, 3.63) is 28.1 Å². The quantitative estimate of drug-likeness (QED) is 0.858. The highest BCUT2D eigenvalue weighted by Gasteiger charge is 2.30. The summed E-state index contributed by atoms with van der Waals surface area (Å²) in [4.78, 5) is 20.7. The smallest absolute Gasteiger partial charge is 0.224 e. The van der Waals surface area contributed by atoms with Gasteiger partial charge in [0.1, 0.15) is 0 Å². The Bertz CT molecular complexity index is 580. The number of nitrogens with zero attached hydrogens (tertiary/aromatic N) is 3. The summed E-state index contributed by atoms with van der Waals surface area (Å²) >= 11 is 0. The van der Waals surface area contributed by atoms with E-state index in [4.69, 9.17) is 4.98 Å². The number of hydrogen-bond acceptors (Lipinski definition) is 3. The molecule has 1 atom stereocenters. The fraction of sp³-hybridized carbons (Fsp3) is 0.667. The maximum atomic E-state index is 11.7. The number of hydrogen-bond donors (Lipinski definition) is 0. The van der Waals surface area contributed by atoms with Gasteiger partial charge in [0.05, 0.1) is 0 Å². The van der Waals surface area contributed by atoms with Crippen molar-refractivity contribution < 1.29 is 4.79 Å². The van der Waals surface area contributed by atoms with Crippen LogP contribution < -0.4 is 0 Å². The van der Waals surface area contributed by atoms with Gasteiger partial charge in [-0.15, -0.1) is 0 Å². The summed E-state index contributed by atoms with van der Waals surface area (Å²) in [5, 5.41) is 0. The third kappa shape index (κ3) is 3.17. The number of likely N-dealkylation sites (N-methyl/N-ethyl adjacent to an activating group) is 2. The molecule has 4 nitrogen and oxygen atoms in total. The molecule has 0 unspecified atom stereocenters. The molecule has 122 valence electrons. The summed E-state index contributed by atoms with van der Waals surface area (Å²) < 4.78 is 0. The number of aryl methyl sites for hydroxylation is 1. The lowest BCUT2D eigenvalue weighted by atomic mass is 9.95. The van der Waals surface area contributed by atoms with Gasteiger partial charge in [-0.2, -0.15) is 0 Å². The highest BCUT2D eigenvalue weighted by Crippen LogP contribution is 2.26. The lowest BCUT2D eigenvalue weighted by Crippen LogP contribution is -2.34. The molecule has 0 bridgehead atoms. The van der Waals surface area contributed by atoms with Gasteiger partial charge in [0, 0.05) is 44.0 Å². The Labute approximate surface area is 134 Å². The van der Waals surface area contributed by atoms with E-state index in [1.807, 2.05) is 11.9 Å². The number of aromatic nitrogens is 1. The second-order valence-corrected chi connectivity index (χ2v) is 7.01. The van der Waals surface area contributed by atoms with Crippen LogP contribution in [0.2, 0.25) is 0 Å². The molecule has 2 heterocycles. The molecule has 1 aliphatic heterocycles. The van der Waals surface area contributed by atoms with E-state index in [0.29, 0.717) is 18.4 Å². The van der Waals surface area contributed by atoms with Gasteiger partial charge in [-0.05, 0) is 50.4 Å². The number of pyridine rings is 1. The summed E-state index contributed by atoms with van der Waals surface area (Å²) in [6, 6.07) is 0.307. The number of rotatable bonds is 4. The first kappa shape index (κ1) is 16.9. The van der Waals surface area contributed by atoms with E-state index < -0.39 is 0 Å². The zero-order valence-corrected chi connectivity index (χ0v) is 15.0. The number of carbonyl (C=O) groups excluding carboxylic acids is 1. The maximum Gasteiger partial charge on any atom is 0.224 e. The van der Waals surface area contributed by atoms with Crippen LogP contribution in [0, 0.1) is 20.8 Å². The van der Waals surface area contributed by atoms with E-state index in [0.717, 1.165) is 18.8 Å². The van der Waals surface area contributed by atoms with Gasteiger partial charge >= 0.3 is 0 Å². The largest absolute Gasteiger partial charge is 0.344 e. The van der Waals surface area contributed by atoms with Crippen molar-refractivity contribution in [2.45, 2.75) is 59.5 Å². The first-order valence-electron chi connectivity index (χ1n) is 8.13. The van der Waals surface area contributed by atoms with Crippen molar-refractivity contribution in [1.82, 2.24) is 14.8 Å². The summed E-state index contributed by atoms with van der Waals surface area (Å²) in [7, 11) is 4.00. The lowest BCUT2D eigenvalue weighted by molar-refractivity contribution is -0.126. The number of carbonyl (C=O) groups is 1.